The predicted molar refractivity (Wildman–Crippen MR) is 75.2 cm³/mol. The molecule has 2 nitrogen and oxygen atoms in total. The zero-order valence-corrected chi connectivity index (χ0v) is 12.1. The summed E-state index contributed by atoms with van der Waals surface area (Å²) in [6.07, 6.45) is 1.26. The molecule has 0 aliphatic carbocycles. The molecule has 94 valence electrons. The van der Waals surface area contributed by atoms with Crippen molar-refractivity contribution in [1.82, 2.24) is 0 Å². The molecular weight excluding hydrogens is 278 g/mol. The first-order valence-electron chi connectivity index (χ1n) is 6.26. The van der Waals surface area contributed by atoms with E-state index >= 15 is 0 Å². The standard InChI is InChI=1S/C14H20BrNO/c1-10(2)11-5-6-16(8-11)14-4-3-13(15)7-12(14)9-17/h3-4,7,10-11,17H,5-6,8-9H2,1-2H3. The number of halogens is 1. The third-order valence-corrected chi connectivity index (χ3v) is 4.21. The van der Waals surface area contributed by atoms with Crippen LogP contribution in [-0.2, 0) is 6.61 Å². The number of rotatable bonds is 3. The maximum atomic E-state index is 9.43. The lowest BCUT2D eigenvalue weighted by Gasteiger charge is -2.22. The minimum absolute atomic E-state index is 0.109. The van der Waals surface area contributed by atoms with Crippen LogP contribution < -0.4 is 4.90 Å². The summed E-state index contributed by atoms with van der Waals surface area (Å²) in [6, 6.07) is 6.17. The number of hydrogen-bond donors (Lipinski definition) is 1. The van der Waals surface area contributed by atoms with Crippen LogP contribution in [0.15, 0.2) is 22.7 Å². The Morgan fingerprint density at radius 1 is 1.47 bits per heavy atom. The van der Waals surface area contributed by atoms with E-state index < -0.39 is 0 Å². The normalized spacial score (nSPS) is 20.3. The van der Waals surface area contributed by atoms with E-state index in [4.69, 9.17) is 0 Å². The van der Waals surface area contributed by atoms with E-state index in [2.05, 4.69) is 46.8 Å². The number of aliphatic hydroxyl groups is 1. The molecule has 1 N–H and O–H groups in total. The highest BCUT2D eigenvalue weighted by Crippen LogP contribution is 2.31. The molecule has 0 aromatic heterocycles. The molecule has 0 spiro atoms. The van der Waals surface area contributed by atoms with Crippen LogP contribution in [0.4, 0.5) is 5.69 Å². The summed E-state index contributed by atoms with van der Waals surface area (Å²) in [5.74, 6) is 1.53. The summed E-state index contributed by atoms with van der Waals surface area (Å²) in [5.41, 5.74) is 2.21. The Balaban J connectivity index is 2.18. The van der Waals surface area contributed by atoms with Crippen LogP contribution >= 0.6 is 15.9 Å². The summed E-state index contributed by atoms with van der Waals surface area (Å²) in [6.45, 7) is 6.92. The number of anilines is 1. The molecule has 0 saturated carbocycles. The van der Waals surface area contributed by atoms with Crippen molar-refractivity contribution in [3.8, 4) is 0 Å². The Hall–Kier alpha value is -0.540. The topological polar surface area (TPSA) is 23.5 Å². The van der Waals surface area contributed by atoms with Crippen molar-refractivity contribution in [1.29, 1.82) is 0 Å². The van der Waals surface area contributed by atoms with Gasteiger partial charge in [-0.3, -0.25) is 0 Å². The third-order valence-electron chi connectivity index (χ3n) is 3.72. The fourth-order valence-electron chi connectivity index (χ4n) is 2.54. The van der Waals surface area contributed by atoms with Crippen LogP contribution in [0, 0.1) is 11.8 Å². The Bertz CT molecular complexity index is 392. The molecule has 2 rings (SSSR count). The van der Waals surface area contributed by atoms with Crippen molar-refractivity contribution in [2.45, 2.75) is 26.9 Å². The van der Waals surface area contributed by atoms with E-state index in [1.807, 2.05) is 6.07 Å². The second-order valence-electron chi connectivity index (χ2n) is 5.17. The monoisotopic (exact) mass is 297 g/mol. The molecule has 0 amide bonds. The third kappa shape index (κ3) is 2.83. The quantitative estimate of drug-likeness (QED) is 0.924. The van der Waals surface area contributed by atoms with Gasteiger partial charge >= 0.3 is 0 Å². The smallest absolute Gasteiger partial charge is 0.0702 e. The molecule has 1 aliphatic heterocycles. The van der Waals surface area contributed by atoms with Crippen LogP contribution in [0.2, 0.25) is 0 Å². The second-order valence-corrected chi connectivity index (χ2v) is 6.09. The van der Waals surface area contributed by atoms with Crippen molar-refractivity contribution in [2.75, 3.05) is 18.0 Å². The van der Waals surface area contributed by atoms with Crippen molar-refractivity contribution < 1.29 is 5.11 Å². The number of benzene rings is 1. The van der Waals surface area contributed by atoms with E-state index in [-0.39, 0.29) is 6.61 Å². The van der Waals surface area contributed by atoms with Gasteiger partial charge in [-0.25, -0.2) is 0 Å². The van der Waals surface area contributed by atoms with Crippen molar-refractivity contribution >= 4 is 21.6 Å². The Labute approximate surface area is 112 Å². The molecule has 1 heterocycles. The molecule has 1 aliphatic rings. The average Bonchev–Trinajstić information content (AvgIpc) is 2.78. The molecule has 1 aromatic rings. The van der Waals surface area contributed by atoms with Crippen LogP contribution in [0.1, 0.15) is 25.8 Å². The number of nitrogens with zero attached hydrogens (tertiary/aromatic N) is 1. The zero-order valence-electron chi connectivity index (χ0n) is 10.5. The summed E-state index contributed by atoms with van der Waals surface area (Å²) < 4.78 is 1.03. The molecule has 1 fully saturated rings. The van der Waals surface area contributed by atoms with Gasteiger partial charge in [-0.1, -0.05) is 29.8 Å². The van der Waals surface area contributed by atoms with Gasteiger partial charge in [0.05, 0.1) is 6.61 Å². The predicted octanol–water partition coefficient (Wildman–Crippen LogP) is 3.42. The molecule has 0 bridgehead atoms. The molecule has 1 aromatic carbocycles. The fourth-order valence-corrected chi connectivity index (χ4v) is 2.95. The Morgan fingerprint density at radius 2 is 2.24 bits per heavy atom. The lowest BCUT2D eigenvalue weighted by Crippen LogP contribution is -2.22. The lowest BCUT2D eigenvalue weighted by atomic mass is 9.95. The van der Waals surface area contributed by atoms with Gasteiger partial charge in [0, 0.05) is 28.8 Å². The molecule has 3 heteroatoms. The van der Waals surface area contributed by atoms with Crippen molar-refractivity contribution in [3.63, 3.8) is 0 Å². The van der Waals surface area contributed by atoms with Crippen molar-refractivity contribution in [3.05, 3.63) is 28.2 Å². The lowest BCUT2D eigenvalue weighted by molar-refractivity contribution is 0.282. The summed E-state index contributed by atoms with van der Waals surface area (Å²) in [5, 5.41) is 9.43. The van der Waals surface area contributed by atoms with Crippen LogP contribution in [0.5, 0.6) is 0 Å². The first kappa shape index (κ1) is 12.9. The molecule has 1 unspecified atom stereocenters. The molecule has 1 saturated heterocycles. The summed E-state index contributed by atoms with van der Waals surface area (Å²) >= 11 is 3.45. The first-order valence-corrected chi connectivity index (χ1v) is 7.05. The van der Waals surface area contributed by atoms with Gasteiger partial charge in [-0.05, 0) is 36.5 Å². The first-order chi connectivity index (χ1) is 8.11. The van der Waals surface area contributed by atoms with E-state index in [0.29, 0.717) is 0 Å². The summed E-state index contributed by atoms with van der Waals surface area (Å²) in [4.78, 5) is 2.41. The zero-order chi connectivity index (χ0) is 12.4. The average molecular weight is 298 g/mol. The Morgan fingerprint density at radius 3 is 2.82 bits per heavy atom. The van der Waals surface area contributed by atoms with E-state index in [1.54, 1.807) is 0 Å². The maximum Gasteiger partial charge on any atom is 0.0702 e. The SMILES string of the molecule is CC(C)C1CCN(c2ccc(Br)cc2CO)C1. The van der Waals surface area contributed by atoms with Gasteiger partial charge in [0.25, 0.3) is 0 Å². The van der Waals surface area contributed by atoms with E-state index in [9.17, 15) is 5.11 Å². The van der Waals surface area contributed by atoms with Crippen LogP contribution in [0.25, 0.3) is 0 Å². The summed E-state index contributed by atoms with van der Waals surface area (Å²) in [7, 11) is 0. The van der Waals surface area contributed by atoms with Crippen LogP contribution in [0.3, 0.4) is 0 Å². The largest absolute Gasteiger partial charge is 0.392 e. The number of hydrogen-bond acceptors (Lipinski definition) is 2. The fraction of sp³-hybridized carbons (Fsp3) is 0.571. The second kappa shape index (κ2) is 5.40. The van der Waals surface area contributed by atoms with Gasteiger partial charge in [0.2, 0.25) is 0 Å². The van der Waals surface area contributed by atoms with Gasteiger partial charge < -0.3 is 10.0 Å². The Kier molecular flexibility index (Phi) is 4.10. The highest BCUT2D eigenvalue weighted by Gasteiger charge is 2.26. The van der Waals surface area contributed by atoms with Gasteiger partial charge in [0.1, 0.15) is 0 Å². The minimum atomic E-state index is 0.109. The van der Waals surface area contributed by atoms with Gasteiger partial charge in [0.15, 0.2) is 0 Å². The minimum Gasteiger partial charge on any atom is -0.392 e. The highest BCUT2D eigenvalue weighted by molar-refractivity contribution is 9.10. The van der Waals surface area contributed by atoms with Gasteiger partial charge in [-0.15, -0.1) is 0 Å². The van der Waals surface area contributed by atoms with Crippen molar-refractivity contribution in [2.24, 2.45) is 11.8 Å². The molecule has 0 radical (unpaired) electrons. The maximum absolute atomic E-state index is 9.43. The van der Waals surface area contributed by atoms with Gasteiger partial charge in [-0.2, -0.15) is 0 Å². The van der Waals surface area contributed by atoms with Crippen LogP contribution in [-0.4, -0.2) is 18.2 Å². The molecule has 17 heavy (non-hydrogen) atoms. The highest BCUT2D eigenvalue weighted by atomic mass is 79.9. The molecular formula is C14H20BrNO. The molecule has 1 atom stereocenters. The van der Waals surface area contributed by atoms with E-state index in [1.165, 1.54) is 12.1 Å². The number of aliphatic hydroxyl groups excluding tert-OH is 1. The van der Waals surface area contributed by atoms with E-state index in [0.717, 1.165) is 35.0 Å².